The highest BCUT2D eigenvalue weighted by molar-refractivity contribution is 8.00. The lowest BCUT2D eigenvalue weighted by molar-refractivity contribution is 0.236. The molecular weight excluding hydrogens is 180 g/mol. The fourth-order valence-corrected chi connectivity index (χ4v) is 2.91. The zero-order chi connectivity index (χ0) is 9.68. The van der Waals surface area contributed by atoms with Crippen LogP contribution in [-0.2, 0) is 0 Å². The summed E-state index contributed by atoms with van der Waals surface area (Å²) in [5.41, 5.74) is 0. The van der Waals surface area contributed by atoms with Gasteiger partial charge in [-0.05, 0) is 12.8 Å². The molecule has 1 fully saturated rings. The van der Waals surface area contributed by atoms with Crippen LogP contribution >= 0.6 is 11.8 Å². The Morgan fingerprint density at radius 2 is 2.38 bits per heavy atom. The van der Waals surface area contributed by atoms with E-state index in [4.69, 9.17) is 5.26 Å². The van der Waals surface area contributed by atoms with Crippen LogP contribution < -0.4 is 0 Å². The van der Waals surface area contributed by atoms with Crippen LogP contribution in [0.3, 0.4) is 0 Å². The van der Waals surface area contributed by atoms with Crippen LogP contribution in [0, 0.1) is 11.3 Å². The van der Waals surface area contributed by atoms with Gasteiger partial charge in [-0.3, -0.25) is 4.90 Å². The van der Waals surface area contributed by atoms with Gasteiger partial charge in [0.2, 0.25) is 0 Å². The summed E-state index contributed by atoms with van der Waals surface area (Å²) in [7, 11) is 0. The van der Waals surface area contributed by atoms with Gasteiger partial charge in [-0.1, -0.05) is 13.8 Å². The highest BCUT2D eigenvalue weighted by atomic mass is 32.2. The standard InChI is InChI=1S/C10H18N2S/c1-3-9(7-11)12-5-6-13-10(4-2)8-12/h9-10H,3-6,8H2,1-2H3. The molecule has 1 aliphatic heterocycles. The summed E-state index contributed by atoms with van der Waals surface area (Å²) in [4.78, 5) is 2.34. The van der Waals surface area contributed by atoms with E-state index in [9.17, 15) is 0 Å². The quantitative estimate of drug-likeness (QED) is 0.695. The molecule has 0 aromatic heterocycles. The molecule has 2 atom stereocenters. The molecule has 1 aliphatic rings. The lowest BCUT2D eigenvalue weighted by atomic mass is 10.2. The molecule has 13 heavy (non-hydrogen) atoms. The molecular formula is C10H18N2S. The molecule has 1 saturated heterocycles. The molecule has 1 rings (SSSR count). The summed E-state index contributed by atoms with van der Waals surface area (Å²) in [6, 6.07) is 2.53. The van der Waals surface area contributed by atoms with Crippen molar-refractivity contribution in [3.8, 4) is 6.07 Å². The minimum absolute atomic E-state index is 0.148. The monoisotopic (exact) mass is 198 g/mol. The molecule has 0 amide bonds. The topological polar surface area (TPSA) is 27.0 Å². The van der Waals surface area contributed by atoms with Gasteiger partial charge in [0, 0.05) is 24.1 Å². The van der Waals surface area contributed by atoms with Gasteiger partial charge in [0.15, 0.2) is 0 Å². The Hall–Kier alpha value is -0.200. The summed E-state index contributed by atoms with van der Waals surface area (Å²) in [6.45, 7) is 6.52. The first-order valence-electron chi connectivity index (χ1n) is 5.07. The predicted molar refractivity (Wildman–Crippen MR) is 57.8 cm³/mol. The fraction of sp³-hybridized carbons (Fsp3) is 0.900. The van der Waals surface area contributed by atoms with Crippen LogP contribution in [0.1, 0.15) is 26.7 Å². The zero-order valence-corrected chi connectivity index (χ0v) is 9.31. The Balaban J connectivity index is 2.46. The molecule has 74 valence electrons. The molecule has 0 aromatic rings. The zero-order valence-electron chi connectivity index (χ0n) is 8.49. The van der Waals surface area contributed by atoms with Crippen molar-refractivity contribution in [2.75, 3.05) is 18.8 Å². The fourth-order valence-electron chi connectivity index (χ4n) is 1.70. The number of thioether (sulfide) groups is 1. The van der Waals surface area contributed by atoms with Gasteiger partial charge in [-0.15, -0.1) is 0 Å². The first kappa shape index (κ1) is 10.9. The molecule has 0 radical (unpaired) electrons. The van der Waals surface area contributed by atoms with Crippen LogP contribution in [0.2, 0.25) is 0 Å². The van der Waals surface area contributed by atoms with E-state index in [2.05, 4.69) is 36.6 Å². The van der Waals surface area contributed by atoms with E-state index in [0.717, 1.165) is 24.8 Å². The van der Waals surface area contributed by atoms with Crippen LogP contribution in [0.25, 0.3) is 0 Å². The maximum atomic E-state index is 8.94. The molecule has 0 N–H and O–H groups in total. The predicted octanol–water partition coefficient (Wildman–Crippen LogP) is 2.12. The van der Waals surface area contributed by atoms with E-state index in [1.807, 2.05) is 0 Å². The van der Waals surface area contributed by atoms with Gasteiger partial charge >= 0.3 is 0 Å². The second-order valence-corrected chi connectivity index (χ2v) is 4.86. The Labute approximate surface area is 85.3 Å². The highest BCUT2D eigenvalue weighted by Crippen LogP contribution is 2.22. The molecule has 1 heterocycles. The van der Waals surface area contributed by atoms with Crippen molar-refractivity contribution in [2.45, 2.75) is 38.0 Å². The average molecular weight is 198 g/mol. The van der Waals surface area contributed by atoms with Crippen molar-refractivity contribution in [3.05, 3.63) is 0 Å². The van der Waals surface area contributed by atoms with Gasteiger partial charge in [0.05, 0.1) is 12.1 Å². The van der Waals surface area contributed by atoms with Crippen molar-refractivity contribution in [1.29, 1.82) is 5.26 Å². The number of hydrogen-bond donors (Lipinski definition) is 0. The van der Waals surface area contributed by atoms with Crippen LogP contribution in [-0.4, -0.2) is 35.0 Å². The SMILES string of the molecule is CCC1CN(C(C#N)CC)CCS1. The van der Waals surface area contributed by atoms with E-state index >= 15 is 0 Å². The van der Waals surface area contributed by atoms with Crippen LogP contribution in [0.4, 0.5) is 0 Å². The Bertz CT molecular complexity index is 188. The van der Waals surface area contributed by atoms with Crippen molar-refractivity contribution in [3.63, 3.8) is 0 Å². The third-order valence-electron chi connectivity index (χ3n) is 2.60. The van der Waals surface area contributed by atoms with Crippen LogP contribution in [0.5, 0.6) is 0 Å². The van der Waals surface area contributed by atoms with E-state index < -0.39 is 0 Å². The minimum Gasteiger partial charge on any atom is -0.286 e. The normalized spacial score (nSPS) is 26.7. The second-order valence-electron chi connectivity index (χ2n) is 3.45. The van der Waals surface area contributed by atoms with E-state index in [0.29, 0.717) is 0 Å². The van der Waals surface area contributed by atoms with Gasteiger partial charge in [-0.2, -0.15) is 17.0 Å². The molecule has 3 heteroatoms. The Kier molecular flexibility index (Phi) is 4.61. The Morgan fingerprint density at radius 3 is 2.92 bits per heavy atom. The average Bonchev–Trinajstić information content (AvgIpc) is 2.20. The third kappa shape index (κ3) is 2.89. The van der Waals surface area contributed by atoms with Gasteiger partial charge < -0.3 is 0 Å². The summed E-state index contributed by atoms with van der Waals surface area (Å²) >= 11 is 2.05. The molecule has 2 nitrogen and oxygen atoms in total. The maximum absolute atomic E-state index is 8.94. The van der Waals surface area contributed by atoms with E-state index in [1.54, 1.807) is 0 Å². The van der Waals surface area contributed by atoms with Crippen molar-refractivity contribution >= 4 is 11.8 Å². The smallest absolute Gasteiger partial charge is 0.0975 e. The highest BCUT2D eigenvalue weighted by Gasteiger charge is 2.23. The van der Waals surface area contributed by atoms with Gasteiger partial charge in [0.25, 0.3) is 0 Å². The first-order valence-corrected chi connectivity index (χ1v) is 6.12. The van der Waals surface area contributed by atoms with Crippen molar-refractivity contribution in [2.24, 2.45) is 0 Å². The first-order chi connectivity index (χ1) is 6.31. The molecule has 0 aromatic carbocycles. The number of rotatable bonds is 3. The summed E-state index contributed by atoms with van der Waals surface area (Å²) in [5, 5.41) is 9.69. The molecule has 0 bridgehead atoms. The molecule has 2 unspecified atom stereocenters. The summed E-state index contributed by atoms with van der Waals surface area (Å²) in [6.07, 6.45) is 2.18. The lowest BCUT2D eigenvalue weighted by Gasteiger charge is -2.34. The summed E-state index contributed by atoms with van der Waals surface area (Å²) in [5.74, 6) is 1.19. The number of hydrogen-bond acceptors (Lipinski definition) is 3. The Morgan fingerprint density at radius 1 is 1.62 bits per heavy atom. The van der Waals surface area contributed by atoms with Gasteiger partial charge in [0.1, 0.15) is 0 Å². The molecule has 0 spiro atoms. The second kappa shape index (κ2) is 5.51. The van der Waals surface area contributed by atoms with Crippen LogP contribution in [0.15, 0.2) is 0 Å². The van der Waals surface area contributed by atoms with Crippen molar-refractivity contribution in [1.82, 2.24) is 4.90 Å². The summed E-state index contributed by atoms with van der Waals surface area (Å²) < 4.78 is 0. The largest absolute Gasteiger partial charge is 0.286 e. The molecule has 0 aliphatic carbocycles. The number of nitrogens with zero attached hydrogens (tertiary/aromatic N) is 2. The van der Waals surface area contributed by atoms with E-state index in [-0.39, 0.29) is 6.04 Å². The maximum Gasteiger partial charge on any atom is 0.0975 e. The molecule has 0 saturated carbocycles. The lowest BCUT2D eigenvalue weighted by Crippen LogP contribution is -2.43. The van der Waals surface area contributed by atoms with Crippen molar-refractivity contribution < 1.29 is 0 Å². The number of nitriles is 1. The van der Waals surface area contributed by atoms with E-state index in [1.165, 1.54) is 12.2 Å². The van der Waals surface area contributed by atoms with Gasteiger partial charge in [-0.25, -0.2) is 0 Å². The minimum atomic E-state index is 0.148. The third-order valence-corrected chi connectivity index (χ3v) is 3.97.